The van der Waals surface area contributed by atoms with Crippen molar-refractivity contribution in [3.8, 4) is 0 Å². The molecular weight excluding hydrogens is 282 g/mol. The van der Waals surface area contributed by atoms with Crippen LogP contribution in [0.2, 0.25) is 0 Å². The maximum Gasteiger partial charge on any atom is 0.272 e. The topological polar surface area (TPSA) is 65.9 Å². The Morgan fingerprint density at radius 3 is 2.86 bits per heavy atom. The highest BCUT2D eigenvalue weighted by atomic mass is 16.5. The second-order valence-electron chi connectivity index (χ2n) is 5.94. The fourth-order valence-corrected chi connectivity index (χ4v) is 2.66. The highest BCUT2D eigenvalue weighted by Gasteiger charge is 2.26. The van der Waals surface area contributed by atoms with E-state index < -0.39 is 6.10 Å². The molecule has 1 aliphatic heterocycles. The van der Waals surface area contributed by atoms with E-state index in [1.54, 1.807) is 18.1 Å². The molecule has 1 amide bonds. The number of aliphatic hydroxyl groups is 1. The van der Waals surface area contributed by atoms with Gasteiger partial charge in [-0.15, -0.1) is 0 Å². The number of rotatable bonds is 4. The Hall–Kier alpha value is -1.50. The zero-order chi connectivity index (χ0) is 16.1. The van der Waals surface area contributed by atoms with Gasteiger partial charge in [-0.05, 0) is 26.0 Å². The van der Waals surface area contributed by atoms with Gasteiger partial charge in [0.2, 0.25) is 0 Å². The minimum Gasteiger partial charge on any atom is -0.390 e. The van der Waals surface area contributed by atoms with E-state index >= 15 is 0 Å². The van der Waals surface area contributed by atoms with E-state index in [9.17, 15) is 9.90 Å². The van der Waals surface area contributed by atoms with Crippen LogP contribution >= 0.6 is 0 Å². The van der Waals surface area contributed by atoms with Crippen molar-refractivity contribution in [1.82, 2.24) is 14.8 Å². The van der Waals surface area contributed by atoms with Crippen molar-refractivity contribution >= 4 is 5.91 Å². The average Bonchev–Trinajstić information content (AvgIpc) is 2.69. The Morgan fingerprint density at radius 1 is 1.41 bits per heavy atom. The SMILES string of the molecule is COCc1cccc(C(=O)N2CCN(C(C)C)CC(O)C2)n1. The number of amides is 1. The minimum absolute atomic E-state index is 0.136. The Bertz CT molecular complexity index is 507. The number of methoxy groups -OCH3 is 1. The van der Waals surface area contributed by atoms with Crippen LogP contribution < -0.4 is 0 Å². The summed E-state index contributed by atoms with van der Waals surface area (Å²) < 4.78 is 5.05. The summed E-state index contributed by atoms with van der Waals surface area (Å²) in [5.41, 5.74) is 1.13. The van der Waals surface area contributed by atoms with Crippen LogP contribution in [0.15, 0.2) is 18.2 Å². The van der Waals surface area contributed by atoms with Gasteiger partial charge in [0.15, 0.2) is 0 Å². The third-order valence-electron chi connectivity index (χ3n) is 3.87. The van der Waals surface area contributed by atoms with Crippen LogP contribution in [0.1, 0.15) is 30.0 Å². The van der Waals surface area contributed by atoms with Crippen LogP contribution in [-0.2, 0) is 11.3 Å². The minimum atomic E-state index is -0.531. The Morgan fingerprint density at radius 2 is 2.18 bits per heavy atom. The second kappa shape index (κ2) is 7.67. The van der Waals surface area contributed by atoms with Crippen molar-refractivity contribution < 1.29 is 14.6 Å². The van der Waals surface area contributed by atoms with E-state index in [1.165, 1.54) is 0 Å². The molecule has 0 aromatic carbocycles. The normalized spacial score (nSPS) is 20.2. The first-order valence-electron chi connectivity index (χ1n) is 7.67. The molecule has 22 heavy (non-hydrogen) atoms. The predicted octanol–water partition coefficient (Wildman–Crippen LogP) is 0.755. The lowest BCUT2D eigenvalue weighted by Gasteiger charge is -2.25. The molecule has 0 saturated carbocycles. The molecule has 2 rings (SSSR count). The van der Waals surface area contributed by atoms with Gasteiger partial charge in [0.05, 0.1) is 18.4 Å². The summed E-state index contributed by atoms with van der Waals surface area (Å²) in [6, 6.07) is 5.70. The summed E-state index contributed by atoms with van der Waals surface area (Å²) >= 11 is 0. The van der Waals surface area contributed by atoms with Crippen molar-refractivity contribution in [3.63, 3.8) is 0 Å². The van der Waals surface area contributed by atoms with Gasteiger partial charge in [-0.2, -0.15) is 0 Å². The third-order valence-corrected chi connectivity index (χ3v) is 3.87. The molecule has 122 valence electrons. The Kier molecular flexibility index (Phi) is 5.88. The van der Waals surface area contributed by atoms with Crippen LogP contribution in [0.25, 0.3) is 0 Å². The summed E-state index contributed by atoms with van der Waals surface area (Å²) in [7, 11) is 1.60. The molecular formula is C16H25N3O3. The van der Waals surface area contributed by atoms with Crippen LogP contribution in [0, 0.1) is 0 Å². The van der Waals surface area contributed by atoms with Crippen molar-refractivity contribution in [1.29, 1.82) is 0 Å². The third kappa shape index (κ3) is 4.25. The highest BCUT2D eigenvalue weighted by Crippen LogP contribution is 2.11. The maximum atomic E-state index is 12.6. The van der Waals surface area contributed by atoms with E-state index in [4.69, 9.17) is 4.74 Å². The number of carbonyl (C=O) groups is 1. The number of carbonyl (C=O) groups excluding carboxylic acids is 1. The molecule has 1 N–H and O–H groups in total. The molecule has 0 radical (unpaired) electrons. The number of aromatic nitrogens is 1. The van der Waals surface area contributed by atoms with E-state index in [0.717, 1.165) is 12.2 Å². The molecule has 1 fully saturated rings. The van der Waals surface area contributed by atoms with Crippen molar-refractivity contribution in [3.05, 3.63) is 29.6 Å². The first kappa shape index (κ1) is 16.9. The first-order valence-corrected chi connectivity index (χ1v) is 7.67. The van der Waals surface area contributed by atoms with Crippen molar-refractivity contribution in [2.24, 2.45) is 0 Å². The predicted molar refractivity (Wildman–Crippen MR) is 83.6 cm³/mol. The number of aliphatic hydroxyl groups excluding tert-OH is 1. The maximum absolute atomic E-state index is 12.6. The molecule has 1 aromatic heterocycles. The standard InChI is InChI=1S/C16H25N3O3/c1-12(2)18-7-8-19(10-14(20)9-18)16(21)15-6-4-5-13(17-15)11-22-3/h4-6,12,14,20H,7-11H2,1-3H3. The van der Waals surface area contributed by atoms with Crippen LogP contribution in [-0.4, -0.2) is 71.2 Å². The van der Waals surface area contributed by atoms with Crippen LogP contribution in [0.4, 0.5) is 0 Å². The molecule has 0 aliphatic carbocycles. The number of hydrogen-bond donors (Lipinski definition) is 1. The Balaban J connectivity index is 2.10. The molecule has 1 aliphatic rings. The molecule has 0 spiro atoms. The van der Waals surface area contributed by atoms with Gasteiger partial charge in [-0.25, -0.2) is 4.98 Å². The highest BCUT2D eigenvalue weighted by molar-refractivity contribution is 5.92. The van der Waals surface area contributed by atoms with Crippen LogP contribution in [0.5, 0.6) is 0 Å². The van der Waals surface area contributed by atoms with Gasteiger partial charge in [-0.3, -0.25) is 9.69 Å². The fraction of sp³-hybridized carbons (Fsp3) is 0.625. The first-order chi connectivity index (χ1) is 10.5. The summed E-state index contributed by atoms with van der Waals surface area (Å²) in [5, 5.41) is 10.1. The monoisotopic (exact) mass is 307 g/mol. The quantitative estimate of drug-likeness (QED) is 0.889. The van der Waals surface area contributed by atoms with Gasteiger partial charge < -0.3 is 14.7 Å². The molecule has 1 unspecified atom stereocenters. The number of hydrogen-bond acceptors (Lipinski definition) is 5. The molecule has 6 nitrogen and oxygen atoms in total. The number of β-amino-alcohol motifs (C(OH)–C–C–N with tert-alkyl or cyclic N) is 1. The summed E-state index contributed by atoms with van der Waals surface area (Å²) in [5.74, 6) is -0.136. The van der Waals surface area contributed by atoms with Gasteiger partial charge in [0.25, 0.3) is 5.91 Å². The van der Waals surface area contributed by atoms with Crippen LogP contribution in [0.3, 0.4) is 0 Å². The van der Waals surface area contributed by atoms with Gasteiger partial charge in [0, 0.05) is 39.3 Å². The molecule has 1 atom stereocenters. The number of nitrogens with zero attached hydrogens (tertiary/aromatic N) is 3. The Labute approximate surface area is 131 Å². The van der Waals surface area contributed by atoms with Gasteiger partial charge in [0.1, 0.15) is 5.69 Å². The van der Waals surface area contributed by atoms with Crippen molar-refractivity contribution in [2.75, 3.05) is 33.3 Å². The lowest BCUT2D eigenvalue weighted by atomic mass is 10.2. The number of ether oxygens (including phenoxy) is 1. The number of pyridine rings is 1. The molecule has 0 bridgehead atoms. The second-order valence-corrected chi connectivity index (χ2v) is 5.94. The summed E-state index contributed by atoms with van der Waals surface area (Å²) in [6.45, 7) is 6.88. The van der Waals surface area contributed by atoms with Gasteiger partial charge in [-0.1, -0.05) is 6.07 Å². The summed E-state index contributed by atoms with van der Waals surface area (Å²) in [6.07, 6.45) is -0.531. The smallest absolute Gasteiger partial charge is 0.272 e. The van der Waals surface area contributed by atoms with E-state index in [0.29, 0.717) is 38.0 Å². The lowest BCUT2D eigenvalue weighted by molar-refractivity contribution is 0.0653. The zero-order valence-electron chi connectivity index (χ0n) is 13.5. The van der Waals surface area contributed by atoms with Crippen molar-refractivity contribution in [2.45, 2.75) is 32.6 Å². The van der Waals surface area contributed by atoms with E-state index in [1.807, 2.05) is 12.1 Å². The summed E-state index contributed by atoms with van der Waals surface area (Å²) in [4.78, 5) is 20.8. The van der Waals surface area contributed by atoms with Gasteiger partial charge >= 0.3 is 0 Å². The molecule has 6 heteroatoms. The largest absolute Gasteiger partial charge is 0.390 e. The van der Waals surface area contributed by atoms with E-state index in [-0.39, 0.29) is 5.91 Å². The molecule has 2 heterocycles. The molecule has 1 aromatic rings. The zero-order valence-corrected chi connectivity index (χ0v) is 13.5. The van der Waals surface area contributed by atoms with E-state index in [2.05, 4.69) is 23.7 Å². The lowest BCUT2D eigenvalue weighted by Crippen LogP contribution is -2.38. The average molecular weight is 307 g/mol. The fourth-order valence-electron chi connectivity index (χ4n) is 2.66. The molecule has 1 saturated heterocycles.